The second kappa shape index (κ2) is 6.17. The maximum atomic E-state index is 13.9. The second-order valence-corrected chi connectivity index (χ2v) is 7.44. The summed E-state index contributed by atoms with van der Waals surface area (Å²) in [6.45, 7) is 1.87. The van der Waals surface area contributed by atoms with E-state index in [-0.39, 0.29) is 17.8 Å². The summed E-state index contributed by atoms with van der Waals surface area (Å²) < 4.78 is 15.9. The minimum absolute atomic E-state index is 0.0625. The van der Waals surface area contributed by atoms with Crippen molar-refractivity contribution in [3.63, 3.8) is 0 Å². The highest BCUT2D eigenvalue weighted by atomic mass is 32.1. The quantitative estimate of drug-likeness (QED) is 0.683. The normalized spacial score (nSPS) is 14.8. The Kier molecular flexibility index (Phi) is 3.96. The summed E-state index contributed by atoms with van der Waals surface area (Å²) in [6.07, 6.45) is 8.23. The first-order chi connectivity index (χ1) is 12.5. The van der Waals surface area contributed by atoms with E-state index >= 15 is 0 Å². The van der Waals surface area contributed by atoms with E-state index in [9.17, 15) is 9.18 Å². The van der Waals surface area contributed by atoms with E-state index in [1.54, 1.807) is 12.3 Å². The van der Waals surface area contributed by atoms with Crippen molar-refractivity contribution < 1.29 is 4.39 Å². The minimum Gasteiger partial charge on any atom is -0.377 e. The van der Waals surface area contributed by atoms with E-state index in [1.165, 1.54) is 28.3 Å². The Bertz CT molecular complexity index is 1180. The lowest BCUT2D eigenvalue weighted by atomic mass is 10.2. The summed E-state index contributed by atoms with van der Waals surface area (Å²) in [4.78, 5) is 24.8. The Morgan fingerprint density at radius 2 is 2.08 bits per heavy atom. The van der Waals surface area contributed by atoms with Gasteiger partial charge in [0.2, 0.25) is 0 Å². The zero-order chi connectivity index (χ0) is 18.4. The molecule has 0 saturated carbocycles. The molecule has 132 valence electrons. The van der Waals surface area contributed by atoms with E-state index in [4.69, 9.17) is 0 Å². The zero-order valence-electron chi connectivity index (χ0n) is 14.7. The summed E-state index contributed by atoms with van der Waals surface area (Å²) in [7, 11) is 3.89. The van der Waals surface area contributed by atoms with Crippen LogP contribution in [-0.4, -0.2) is 28.6 Å². The van der Waals surface area contributed by atoms with Crippen LogP contribution in [0, 0.1) is 0 Å². The molecule has 7 heteroatoms. The van der Waals surface area contributed by atoms with Crippen LogP contribution in [0.15, 0.2) is 53.0 Å². The first-order valence-corrected chi connectivity index (χ1v) is 8.97. The molecule has 0 saturated heterocycles. The van der Waals surface area contributed by atoms with Crippen LogP contribution in [-0.2, 0) is 0 Å². The smallest absolute Gasteiger partial charge is 0.275 e. The molecule has 3 aromatic rings. The van der Waals surface area contributed by atoms with E-state index in [0.717, 1.165) is 21.5 Å². The predicted molar refractivity (Wildman–Crippen MR) is 105 cm³/mol. The molecule has 0 N–H and O–H groups in total. The van der Waals surface area contributed by atoms with Crippen molar-refractivity contribution in [2.75, 3.05) is 19.0 Å². The number of thiophene rings is 1. The third-order valence-corrected chi connectivity index (χ3v) is 5.40. The molecule has 0 radical (unpaired) electrons. The number of allylic oxidation sites excluding steroid dienone is 6. The van der Waals surface area contributed by atoms with Crippen LogP contribution in [0.25, 0.3) is 26.1 Å². The van der Waals surface area contributed by atoms with Gasteiger partial charge >= 0.3 is 0 Å². The summed E-state index contributed by atoms with van der Waals surface area (Å²) in [6, 6.07) is 1.91. The van der Waals surface area contributed by atoms with Gasteiger partial charge in [-0.3, -0.25) is 9.36 Å². The number of fused-ring (bicyclic) bond motifs is 3. The molecule has 0 aliphatic heterocycles. The third kappa shape index (κ3) is 2.64. The Morgan fingerprint density at radius 3 is 2.85 bits per heavy atom. The Hall–Kier alpha value is -2.80. The highest BCUT2D eigenvalue weighted by molar-refractivity contribution is 7.25. The van der Waals surface area contributed by atoms with Gasteiger partial charge in [0, 0.05) is 32.4 Å². The summed E-state index contributed by atoms with van der Waals surface area (Å²) in [5.74, 6) is -0.284. The van der Waals surface area contributed by atoms with E-state index in [0.29, 0.717) is 15.9 Å². The van der Waals surface area contributed by atoms with Gasteiger partial charge in [0.25, 0.3) is 5.56 Å². The van der Waals surface area contributed by atoms with E-state index in [2.05, 4.69) is 9.97 Å². The standard InChI is InChI=1S/C19H17FN4OS/c1-11-4-5-12(20)9-13(8-11)24-10-22-16-15-14(23(2)3)6-7-21-18(15)26-17(16)19(24)25/h4-8,10H,9H2,1-3H3. The first-order valence-electron chi connectivity index (χ1n) is 8.16. The topological polar surface area (TPSA) is 51.0 Å². The van der Waals surface area contributed by atoms with Gasteiger partial charge in [-0.15, -0.1) is 11.3 Å². The predicted octanol–water partition coefficient (Wildman–Crippen LogP) is 4.12. The molecule has 3 heterocycles. The second-order valence-electron chi connectivity index (χ2n) is 6.44. The number of hydrogen-bond donors (Lipinski definition) is 0. The van der Waals surface area contributed by atoms with E-state index in [1.807, 2.05) is 38.1 Å². The number of rotatable bonds is 2. The molecule has 0 bridgehead atoms. The Balaban J connectivity index is 1.99. The number of halogens is 1. The van der Waals surface area contributed by atoms with Crippen molar-refractivity contribution in [3.8, 4) is 0 Å². The van der Waals surface area contributed by atoms with Crippen molar-refractivity contribution in [3.05, 3.63) is 58.6 Å². The highest BCUT2D eigenvalue weighted by Crippen LogP contribution is 2.35. The Labute approximate surface area is 153 Å². The fourth-order valence-electron chi connectivity index (χ4n) is 3.08. The first kappa shape index (κ1) is 16.7. The van der Waals surface area contributed by atoms with Gasteiger partial charge in [-0.25, -0.2) is 14.4 Å². The Morgan fingerprint density at radius 1 is 1.27 bits per heavy atom. The molecule has 1 aliphatic rings. The maximum Gasteiger partial charge on any atom is 0.275 e. The molecule has 0 amide bonds. The molecule has 0 unspecified atom stereocenters. The fourth-order valence-corrected chi connectivity index (χ4v) is 4.13. The van der Waals surface area contributed by atoms with Gasteiger partial charge in [-0.2, -0.15) is 0 Å². The molecule has 3 aromatic heterocycles. The van der Waals surface area contributed by atoms with Crippen LogP contribution in [0.4, 0.5) is 10.1 Å². The van der Waals surface area contributed by atoms with Crippen molar-refractivity contribution in [1.82, 2.24) is 14.5 Å². The van der Waals surface area contributed by atoms with Crippen molar-refractivity contribution >= 4 is 43.2 Å². The zero-order valence-corrected chi connectivity index (χ0v) is 15.5. The molecule has 4 rings (SSSR count). The van der Waals surface area contributed by atoms with Crippen LogP contribution in [0.2, 0.25) is 0 Å². The molecule has 0 spiro atoms. The average molecular weight is 368 g/mol. The number of hydrogen-bond acceptors (Lipinski definition) is 5. The van der Waals surface area contributed by atoms with Gasteiger partial charge in [0.05, 0.1) is 16.6 Å². The molecule has 26 heavy (non-hydrogen) atoms. The molecule has 0 aromatic carbocycles. The van der Waals surface area contributed by atoms with Crippen LogP contribution >= 0.6 is 11.3 Å². The minimum atomic E-state index is -0.284. The van der Waals surface area contributed by atoms with Crippen molar-refractivity contribution in [2.45, 2.75) is 13.3 Å². The largest absolute Gasteiger partial charge is 0.377 e. The number of nitrogens with zero attached hydrogens (tertiary/aromatic N) is 4. The highest BCUT2D eigenvalue weighted by Gasteiger charge is 2.18. The lowest BCUT2D eigenvalue weighted by molar-refractivity contribution is 0.616. The van der Waals surface area contributed by atoms with Gasteiger partial charge in [-0.1, -0.05) is 6.08 Å². The summed E-state index contributed by atoms with van der Waals surface area (Å²) in [5, 5.41) is 0.874. The lowest BCUT2D eigenvalue weighted by Crippen LogP contribution is -2.19. The fraction of sp³-hybridized carbons (Fsp3) is 0.211. The molecule has 1 aliphatic carbocycles. The molecule has 0 fully saturated rings. The summed E-state index contributed by atoms with van der Waals surface area (Å²) >= 11 is 1.32. The maximum absolute atomic E-state index is 13.9. The van der Waals surface area contributed by atoms with Crippen LogP contribution in [0.5, 0.6) is 0 Å². The molecule has 5 nitrogen and oxygen atoms in total. The number of pyridine rings is 1. The number of anilines is 1. The molecule has 0 atom stereocenters. The van der Waals surface area contributed by atoms with Crippen LogP contribution in [0.1, 0.15) is 13.3 Å². The van der Waals surface area contributed by atoms with Crippen LogP contribution < -0.4 is 10.5 Å². The molecular weight excluding hydrogens is 351 g/mol. The van der Waals surface area contributed by atoms with Gasteiger partial charge < -0.3 is 4.90 Å². The van der Waals surface area contributed by atoms with Gasteiger partial charge in [0.1, 0.15) is 21.7 Å². The van der Waals surface area contributed by atoms with Crippen LogP contribution in [0.3, 0.4) is 0 Å². The van der Waals surface area contributed by atoms with E-state index < -0.39 is 0 Å². The SMILES string of the molecule is CC1=CC=C(F)CC(n2cnc3c(sc4nccc(N(C)C)c43)c2=O)=C1. The van der Waals surface area contributed by atoms with Gasteiger partial charge in [0.15, 0.2) is 0 Å². The average Bonchev–Trinajstić information content (AvgIpc) is 2.90. The third-order valence-electron chi connectivity index (χ3n) is 4.32. The molecular formula is C19H17FN4OS. The monoisotopic (exact) mass is 368 g/mol. The van der Waals surface area contributed by atoms with Crippen molar-refractivity contribution in [1.29, 1.82) is 0 Å². The lowest BCUT2D eigenvalue weighted by Gasteiger charge is -2.13. The summed E-state index contributed by atoms with van der Waals surface area (Å²) in [5.41, 5.74) is 2.86. The number of aromatic nitrogens is 3. The van der Waals surface area contributed by atoms with Crippen molar-refractivity contribution in [2.24, 2.45) is 0 Å². The van der Waals surface area contributed by atoms with Gasteiger partial charge in [-0.05, 0) is 30.7 Å².